The Morgan fingerprint density at radius 2 is 0.527 bits per heavy atom. The minimum atomic E-state index is -4.95. The third-order valence-electron chi connectivity index (χ3n) is 17.3. The van der Waals surface area contributed by atoms with E-state index in [1.165, 1.54) is 148 Å². The molecule has 0 saturated heterocycles. The van der Waals surface area contributed by atoms with Gasteiger partial charge in [-0.15, -0.1) is 0 Å². The maximum atomic E-state index is 13.0. The minimum absolute atomic E-state index is 0.104. The Kier molecular flexibility index (Phi) is 60.3. The summed E-state index contributed by atoms with van der Waals surface area (Å²) in [4.78, 5) is 72.6. The van der Waals surface area contributed by atoms with Crippen LogP contribution in [0.1, 0.15) is 357 Å². The highest BCUT2D eigenvalue weighted by atomic mass is 31.2. The lowest BCUT2D eigenvalue weighted by Crippen LogP contribution is -2.30. The van der Waals surface area contributed by atoms with Gasteiger partial charge < -0.3 is 33.8 Å². The van der Waals surface area contributed by atoms with Gasteiger partial charge in [-0.2, -0.15) is 0 Å². The molecule has 0 radical (unpaired) electrons. The number of hydrogen-bond donors (Lipinski definition) is 3. The van der Waals surface area contributed by atoms with Crippen molar-refractivity contribution in [2.24, 2.45) is 23.7 Å². The predicted octanol–water partition coefficient (Wildman–Crippen LogP) is 20.5. The number of phosphoric acid groups is 2. The molecule has 0 aliphatic carbocycles. The molecule has 0 rings (SSSR count). The number of carbonyl (C=O) groups is 4. The van der Waals surface area contributed by atoms with Gasteiger partial charge in [-0.05, 0) is 49.4 Å². The summed E-state index contributed by atoms with van der Waals surface area (Å²) < 4.78 is 68.3. The second kappa shape index (κ2) is 61.6. The molecule has 0 aromatic rings. The highest BCUT2D eigenvalue weighted by Crippen LogP contribution is 2.45. The average molecular weight is 1340 g/mol. The fourth-order valence-electron chi connectivity index (χ4n) is 10.8. The van der Waals surface area contributed by atoms with Crippen LogP contribution in [0.2, 0.25) is 0 Å². The van der Waals surface area contributed by atoms with E-state index >= 15 is 0 Å². The van der Waals surface area contributed by atoms with E-state index in [1.54, 1.807) is 0 Å². The van der Waals surface area contributed by atoms with Gasteiger partial charge in [0.25, 0.3) is 0 Å². The van der Waals surface area contributed by atoms with Crippen LogP contribution < -0.4 is 0 Å². The standard InChI is InChI=1S/C72H140O17P2/c1-9-64(7)50-42-34-26-21-22-28-39-47-55-72(77)89-67(58-82-69(74)52-44-36-29-23-25-33-41-49-63(5)6)60-86-90(78,79)84-56-66(73)57-85-91(80,81)87-61-68(59-83-70(75)53-45-37-31-30-35-43-51-65(8)10-2)88-71(76)54-46-38-27-20-18-16-14-12-11-13-15-17-19-24-32-40-48-62(3)4/h62-68,73H,9-61H2,1-8H3,(H,78,79)(H,80,81)/t64?,65?,66?,67-,68-/m1/s1. The van der Waals surface area contributed by atoms with Gasteiger partial charge in [0.05, 0.1) is 26.4 Å². The fraction of sp³-hybridized carbons (Fsp3) is 0.944. The topological polar surface area (TPSA) is 237 Å². The fourth-order valence-corrected chi connectivity index (χ4v) is 12.4. The van der Waals surface area contributed by atoms with Crippen molar-refractivity contribution in [3.63, 3.8) is 0 Å². The number of aliphatic hydroxyl groups is 1. The number of carbonyl (C=O) groups excluding carboxylic acids is 4. The molecule has 0 heterocycles. The molecule has 0 bridgehead atoms. The first-order chi connectivity index (χ1) is 43.7. The summed E-state index contributed by atoms with van der Waals surface area (Å²) in [5.41, 5.74) is 0. The van der Waals surface area contributed by atoms with Crippen molar-refractivity contribution in [1.82, 2.24) is 0 Å². The Morgan fingerprint density at radius 1 is 0.308 bits per heavy atom. The largest absolute Gasteiger partial charge is 0.472 e. The van der Waals surface area contributed by atoms with Crippen LogP contribution in [0.25, 0.3) is 0 Å². The predicted molar refractivity (Wildman–Crippen MR) is 367 cm³/mol. The molecule has 0 spiro atoms. The van der Waals surface area contributed by atoms with Crippen molar-refractivity contribution in [2.45, 2.75) is 375 Å². The Bertz CT molecular complexity index is 1800. The summed E-state index contributed by atoms with van der Waals surface area (Å²) >= 11 is 0. The molecular formula is C72H140O17P2. The first-order valence-electron chi connectivity index (χ1n) is 37.3. The Hall–Kier alpha value is -1.94. The Balaban J connectivity index is 5.21. The third-order valence-corrected chi connectivity index (χ3v) is 19.2. The van der Waals surface area contributed by atoms with Crippen molar-refractivity contribution in [2.75, 3.05) is 39.6 Å². The Morgan fingerprint density at radius 3 is 0.780 bits per heavy atom. The van der Waals surface area contributed by atoms with Crippen molar-refractivity contribution < 1.29 is 80.2 Å². The van der Waals surface area contributed by atoms with Crippen molar-refractivity contribution in [3.05, 3.63) is 0 Å². The first kappa shape index (κ1) is 89.1. The highest BCUT2D eigenvalue weighted by Gasteiger charge is 2.30. The number of aliphatic hydroxyl groups excluding tert-OH is 1. The summed E-state index contributed by atoms with van der Waals surface area (Å²) in [5.74, 6) is 0.884. The molecule has 5 unspecified atom stereocenters. The van der Waals surface area contributed by atoms with Crippen LogP contribution in [0, 0.1) is 23.7 Å². The van der Waals surface area contributed by atoms with Crippen molar-refractivity contribution in [3.8, 4) is 0 Å². The SMILES string of the molecule is CCC(C)CCCCCCCCCCC(=O)O[C@H](COC(=O)CCCCCCCCCC(C)C)COP(=O)(O)OCC(O)COP(=O)(O)OC[C@@H](COC(=O)CCCCCCCCC(C)CC)OC(=O)CCCCCCCCCCCCCCCCCCC(C)C. The minimum Gasteiger partial charge on any atom is -0.462 e. The maximum Gasteiger partial charge on any atom is 0.472 e. The molecule has 0 fully saturated rings. The van der Waals surface area contributed by atoms with Gasteiger partial charge in [-0.3, -0.25) is 37.3 Å². The molecule has 0 aromatic heterocycles. The van der Waals surface area contributed by atoms with Gasteiger partial charge >= 0.3 is 39.5 Å². The molecule has 19 heteroatoms. The molecule has 540 valence electrons. The van der Waals surface area contributed by atoms with Gasteiger partial charge in [0.1, 0.15) is 19.3 Å². The van der Waals surface area contributed by atoms with Gasteiger partial charge in [0, 0.05) is 25.7 Å². The van der Waals surface area contributed by atoms with Crippen molar-refractivity contribution >= 4 is 39.5 Å². The number of esters is 4. The highest BCUT2D eigenvalue weighted by molar-refractivity contribution is 7.47. The van der Waals surface area contributed by atoms with E-state index in [-0.39, 0.29) is 25.7 Å². The van der Waals surface area contributed by atoms with Crippen LogP contribution in [0.5, 0.6) is 0 Å². The van der Waals surface area contributed by atoms with E-state index in [0.717, 1.165) is 120 Å². The molecule has 0 saturated carbocycles. The zero-order valence-electron chi connectivity index (χ0n) is 59.5. The zero-order valence-corrected chi connectivity index (χ0v) is 61.3. The van der Waals surface area contributed by atoms with Crippen LogP contribution in [0.15, 0.2) is 0 Å². The number of hydrogen-bond acceptors (Lipinski definition) is 15. The molecule has 3 N–H and O–H groups in total. The van der Waals surface area contributed by atoms with Crippen LogP contribution in [-0.2, 0) is 65.4 Å². The second-order valence-corrected chi connectivity index (χ2v) is 30.3. The molecule has 0 aromatic carbocycles. The van der Waals surface area contributed by atoms with Gasteiger partial charge in [-0.1, -0.05) is 306 Å². The van der Waals surface area contributed by atoms with Crippen LogP contribution in [-0.4, -0.2) is 96.7 Å². The second-order valence-electron chi connectivity index (χ2n) is 27.4. The lowest BCUT2D eigenvalue weighted by atomic mass is 9.99. The van der Waals surface area contributed by atoms with E-state index in [4.69, 9.17) is 37.0 Å². The molecule has 0 aliphatic heterocycles. The third kappa shape index (κ3) is 63.9. The van der Waals surface area contributed by atoms with E-state index in [9.17, 15) is 43.2 Å². The van der Waals surface area contributed by atoms with Gasteiger partial charge in [0.15, 0.2) is 12.2 Å². The summed E-state index contributed by atoms with van der Waals surface area (Å²) in [6.07, 6.45) is 44.6. The van der Waals surface area contributed by atoms with E-state index in [1.807, 2.05) is 0 Å². The molecular weight excluding hydrogens is 1200 g/mol. The molecule has 0 aliphatic rings. The first-order valence-corrected chi connectivity index (χ1v) is 40.3. The summed E-state index contributed by atoms with van der Waals surface area (Å²) in [6, 6.07) is 0. The number of phosphoric ester groups is 2. The van der Waals surface area contributed by atoms with Gasteiger partial charge in [0.2, 0.25) is 0 Å². The number of rotatable bonds is 69. The normalized spacial score (nSPS) is 14.8. The van der Waals surface area contributed by atoms with Crippen LogP contribution in [0.3, 0.4) is 0 Å². The van der Waals surface area contributed by atoms with E-state index in [0.29, 0.717) is 31.6 Å². The quantitative estimate of drug-likeness (QED) is 0.0222. The smallest absolute Gasteiger partial charge is 0.462 e. The maximum absolute atomic E-state index is 13.0. The number of unbranched alkanes of at least 4 members (excludes halogenated alkanes) is 33. The molecule has 91 heavy (non-hydrogen) atoms. The Labute approximate surface area is 556 Å². The van der Waals surface area contributed by atoms with E-state index in [2.05, 4.69) is 55.4 Å². The summed E-state index contributed by atoms with van der Waals surface area (Å²) in [5, 5.41) is 10.6. The average Bonchev–Trinajstić information content (AvgIpc) is 3.68. The van der Waals surface area contributed by atoms with Gasteiger partial charge in [-0.25, -0.2) is 9.13 Å². The van der Waals surface area contributed by atoms with Crippen LogP contribution in [0.4, 0.5) is 0 Å². The van der Waals surface area contributed by atoms with E-state index < -0.39 is 97.5 Å². The monoisotopic (exact) mass is 1340 g/mol. The molecule has 0 amide bonds. The summed E-state index contributed by atoms with van der Waals surface area (Å²) in [6.45, 7) is 14.1. The zero-order chi connectivity index (χ0) is 67.5. The molecule has 7 atom stereocenters. The lowest BCUT2D eigenvalue weighted by Gasteiger charge is -2.21. The van der Waals surface area contributed by atoms with Crippen molar-refractivity contribution in [1.29, 1.82) is 0 Å². The number of ether oxygens (including phenoxy) is 4. The lowest BCUT2D eigenvalue weighted by molar-refractivity contribution is -0.161. The summed E-state index contributed by atoms with van der Waals surface area (Å²) in [7, 11) is -9.91. The van der Waals surface area contributed by atoms with Crippen LogP contribution >= 0.6 is 15.6 Å². The molecule has 17 nitrogen and oxygen atoms in total.